The minimum atomic E-state index is 0.838. The summed E-state index contributed by atoms with van der Waals surface area (Å²) in [7, 11) is 0. The van der Waals surface area contributed by atoms with Crippen LogP contribution in [0.15, 0.2) is 185 Å². The highest BCUT2D eigenvalue weighted by Crippen LogP contribution is 2.46. The molecule has 0 aliphatic rings. The van der Waals surface area contributed by atoms with Crippen LogP contribution in [-0.2, 0) is 0 Å². The monoisotopic (exact) mass is 627 g/mol. The van der Waals surface area contributed by atoms with Crippen molar-refractivity contribution in [2.75, 3.05) is 4.90 Å². The van der Waals surface area contributed by atoms with E-state index in [0.29, 0.717) is 0 Å². The van der Waals surface area contributed by atoms with Gasteiger partial charge < -0.3 is 13.7 Å². The summed E-state index contributed by atoms with van der Waals surface area (Å²) in [5.74, 6) is 0. The number of anilines is 3. The summed E-state index contributed by atoms with van der Waals surface area (Å²) in [4.78, 5) is 2.28. The van der Waals surface area contributed by atoms with E-state index in [0.717, 1.165) is 66.5 Å². The highest BCUT2D eigenvalue weighted by Gasteiger charge is 2.22. The van der Waals surface area contributed by atoms with Crippen LogP contribution in [-0.4, -0.2) is 0 Å². The van der Waals surface area contributed by atoms with E-state index in [2.05, 4.69) is 163 Å². The fourth-order valence-electron chi connectivity index (χ4n) is 7.39. The van der Waals surface area contributed by atoms with Gasteiger partial charge in [-0.3, -0.25) is 0 Å². The van der Waals surface area contributed by atoms with Crippen LogP contribution in [0.25, 0.3) is 76.9 Å². The average molecular weight is 628 g/mol. The first-order chi connectivity index (χ1) is 24.3. The van der Waals surface area contributed by atoms with Gasteiger partial charge in [0.1, 0.15) is 16.7 Å². The lowest BCUT2D eigenvalue weighted by molar-refractivity contribution is 0.667. The second kappa shape index (κ2) is 11.0. The molecule has 2 heterocycles. The van der Waals surface area contributed by atoms with E-state index in [4.69, 9.17) is 8.83 Å². The smallest absolute Gasteiger partial charge is 0.159 e. The Labute approximate surface area is 282 Å². The summed E-state index contributed by atoms with van der Waals surface area (Å²) in [5, 5.41) is 6.80. The number of benzene rings is 8. The lowest BCUT2D eigenvalue weighted by Gasteiger charge is -2.25. The molecule has 0 saturated carbocycles. The predicted octanol–water partition coefficient (Wildman–Crippen LogP) is 13.4. The lowest BCUT2D eigenvalue weighted by atomic mass is 9.95. The largest absolute Gasteiger partial charge is 0.456 e. The summed E-state index contributed by atoms with van der Waals surface area (Å²) in [6.07, 6.45) is 0. The van der Waals surface area contributed by atoms with Crippen molar-refractivity contribution in [3.63, 3.8) is 0 Å². The second-order valence-electron chi connectivity index (χ2n) is 12.5. The van der Waals surface area contributed by atoms with Gasteiger partial charge in [0.05, 0.1) is 11.4 Å². The van der Waals surface area contributed by atoms with E-state index in [1.54, 1.807) is 0 Å². The lowest BCUT2D eigenvalue weighted by Crippen LogP contribution is -2.10. The van der Waals surface area contributed by atoms with E-state index in [1.807, 2.05) is 18.2 Å². The average Bonchev–Trinajstić information content (AvgIpc) is 3.74. The van der Waals surface area contributed by atoms with Gasteiger partial charge in [0.15, 0.2) is 5.58 Å². The molecule has 0 saturated heterocycles. The van der Waals surface area contributed by atoms with Gasteiger partial charge in [0.2, 0.25) is 0 Å². The third-order valence-corrected chi connectivity index (χ3v) is 9.66. The second-order valence-corrected chi connectivity index (χ2v) is 12.5. The molecule has 3 heteroatoms. The third kappa shape index (κ3) is 4.44. The SMILES string of the molecule is c1ccc(-c2ccc(N(c3ccc4c(c3)oc3ccccc34)c3cccc4c3oc3cc(-c5ccccc5)c5ccccc5c34)cc2)cc1. The molecular weight excluding hydrogens is 599 g/mol. The summed E-state index contributed by atoms with van der Waals surface area (Å²) < 4.78 is 13.3. The first-order valence-corrected chi connectivity index (χ1v) is 16.6. The molecule has 8 aromatic carbocycles. The Balaban J connectivity index is 1.22. The van der Waals surface area contributed by atoms with E-state index >= 15 is 0 Å². The summed E-state index contributed by atoms with van der Waals surface area (Å²) in [5.41, 5.74) is 11.1. The topological polar surface area (TPSA) is 29.5 Å². The Hall–Kier alpha value is -6.58. The molecule has 2 aromatic heterocycles. The predicted molar refractivity (Wildman–Crippen MR) is 204 cm³/mol. The van der Waals surface area contributed by atoms with Crippen LogP contribution in [0.1, 0.15) is 0 Å². The molecular formula is C46H29NO2. The van der Waals surface area contributed by atoms with Crippen LogP contribution in [0.4, 0.5) is 17.1 Å². The van der Waals surface area contributed by atoms with Crippen LogP contribution in [0, 0.1) is 0 Å². The molecule has 0 N–H and O–H groups in total. The maximum absolute atomic E-state index is 6.94. The van der Waals surface area contributed by atoms with Crippen molar-refractivity contribution < 1.29 is 8.83 Å². The standard InChI is InChI=1S/C46H29NO2/c1-3-12-30(13-4-1)31-22-24-33(25-23-31)47(34-26-27-37-36-17-9-10-21-42(36)48-43(37)28-34)41-20-11-19-39-45-38-18-8-7-16-35(38)40(29-44(45)49-46(39)41)32-14-5-2-6-15-32/h1-29H. The molecule has 10 rings (SSSR count). The molecule has 0 aliphatic heterocycles. The van der Waals surface area contributed by atoms with Gasteiger partial charge in [-0.05, 0) is 75.5 Å². The molecule has 230 valence electrons. The number of para-hydroxylation sites is 2. The number of hydrogen-bond acceptors (Lipinski definition) is 3. The Morgan fingerprint density at radius 1 is 0.347 bits per heavy atom. The molecule has 3 nitrogen and oxygen atoms in total. The number of rotatable bonds is 5. The Morgan fingerprint density at radius 2 is 0.959 bits per heavy atom. The van der Waals surface area contributed by atoms with Crippen LogP contribution in [0.3, 0.4) is 0 Å². The van der Waals surface area contributed by atoms with Gasteiger partial charge in [-0.1, -0.05) is 127 Å². The van der Waals surface area contributed by atoms with Crippen molar-refractivity contribution in [2.24, 2.45) is 0 Å². The third-order valence-electron chi connectivity index (χ3n) is 9.66. The molecule has 0 atom stereocenters. The molecule has 0 aliphatic carbocycles. The minimum absolute atomic E-state index is 0.838. The fourth-order valence-corrected chi connectivity index (χ4v) is 7.39. The Bertz CT molecular complexity index is 2810. The van der Waals surface area contributed by atoms with Crippen molar-refractivity contribution >= 4 is 71.7 Å². The number of fused-ring (bicyclic) bond motifs is 8. The molecule has 49 heavy (non-hydrogen) atoms. The molecule has 0 amide bonds. The van der Waals surface area contributed by atoms with Crippen LogP contribution in [0.2, 0.25) is 0 Å². The maximum atomic E-state index is 6.94. The summed E-state index contributed by atoms with van der Waals surface area (Å²) >= 11 is 0. The number of nitrogens with zero attached hydrogens (tertiary/aromatic N) is 1. The quantitative estimate of drug-likeness (QED) is 0.190. The summed E-state index contributed by atoms with van der Waals surface area (Å²) in [6, 6.07) is 61.8. The van der Waals surface area contributed by atoms with Crippen molar-refractivity contribution in [3.8, 4) is 22.3 Å². The van der Waals surface area contributed by atoms with Crippen LogP contribution >= 0.6 is 0 Å². The Kier molecular flexibility index (Phi) is 6.18. The molecule has 0 radical (unpaired) electrons. The molecule has 0 spiro atoms. The van der Waals surface area contributed by atoms with E-state index in [9.17, 15) is 0 Å². The first-order valence-electron chi connectivity index (χ1n) is 16.6. The van der Waals surface area contributed by atoms with Crippen molar-refractivity contribution in [2.45, 2.75) is 0 Å². The fraction of sp³-hybridized carbons (Fsp3) is 0. The van der Waals surface area contributed by atoms with Crippen LogP contribution < -0.4 is 4.90 Å². The number of furan rings is 2. The van der Waals surface area contributed by atoms with E-state index in [1.165, 1.54) is 27.5 Å². The van der Waals surface area contributed by atoms with E-state index < -0.39 is 0 Å². The zero-order valence-electron chi connectivity index (χ0n) is 26.5. The van der Waals surface area contributed by atoms with Crippen molar-refractivity contribution in [1.29, 1.82) is 0 Å². The molecule has 10 aromatic rings. The summed E-state index contributed by atoms with van der Waals surface area (Å²) in [6.45, 7) is 0. The highest BCUT2D eigenvalue weighted by molar-refractivity contribution is 6.23. The van der Waals surface area contributed by atoms with Gasteiger partial charge >= 0.3 is 0 Å². The van der Waals surface area contributed by atoms with Crippen molar-refractivity contribution in [1.82, 2.24) is 0 Å². The minimum Gasteiger partial charge on any atom is -0.456 e. The Morgan fingerprint density at radius 3 is 1.76 bits per heavy atom. The molecule has 0 bridgehead atoms. The maximum Gasteiger partial charge on any atom is 0.159 e. The van der Waals surface area contributed by atoms with Crippen LogP contribution in [0.5, 0.6) is 0 Å². The van der Waals surface area contributed by atoms with Gasteiger partial charge in [0, 0.05) is 33.3 Å². The normalized spacial score (nSPS) is 11.7. The molecule has 0 fully saturated rings. The van der Waals surface area contributed by atoms with Crippen molar-refractivity contribution in [3.05, 3.63) is 176 Å². The van der Waals surface area contributed by atoms with Gasteiger partial charge in [0.25, 0.3) is 0 Å². The zero-order chi connectivity index (χ0) is 32.3. The molecule has 0 unspecified atom stereocenters. The highest BCUT2D eigenvalue weighted by atomic mass is 16.3. The van der Waals surface area contributed by atoms with Gasteiger partial charge in [-0.2, -0.15) is 0 Å². The van der Waals surface area contributed by atoms with Gasteiger partial charge in [-0.15, -0.1) is 0 Å². The van der Waals surface area contributed by atoms with E-state index in [-0.39, 0.29) is 0 Å². The zero-order valence-corrected chi connectivity index (χ0v) is 26.5. The number of hydrogen-bond donors (Lipinski definition) is 0. The first kappa shape index (κ1) is 27.5. The van der Waals surface area contributed by atoms with Gasteiger partial charge in [-0.25, -0.2) is 0 Å².